The van der Waals surface area contributed by atoms with Gasteiger partial charge >= 0.3 is 0 Å². The summed E-state index contributed by atoms with van der Waals surface area (Å²) in [5.74, 6) is 0. The molecular formula is C10H13NO2S2. The Bertz CT molecular complexity index is 482. The molecule has 15 heavy (non-hydrogen) atoms. The fourth-order valence-electron chi connectivity index (χ4n) is 1.59. The lowest BCUT2D eigenvalue weighted by atomic mass is 10.3. The van der Waals surface area contributed by atoms with Gasteiger partial charge in [0.1, 0.15) is 0 Å². The van der Waals surface area contributed by atoms with Crippen LogP contribution >= 0.6 is 11.8 Å². The number of benzene rings is 1. The van der Waals surface area contributed by atoms with Crippen LogP contribution < -0.4 is 5.32 Å². The molecule has 0 saturated carbocycles. The summed E-state index contributed by atoms with van der Waals surface area (Å²) in [6.45, 7) is 2.23. The number of hydrogen-bond donors (Lipinski definition) is 1. The zero-order chi connectivity index (χ0) is 11.1. The standard InChI is InChI=1S/C10H13NO2S2/c1-7-6-11-9-4-3-8(14-2)5-10(9)15(7,12)13/h3-5,7,11H,6H2,1-2H3. The summed E-state index contributed by atoms with van der Waals surface area (Å²) in [5.41, 5.74) is 0.728. The van der Waals surface area contributed by atoms with Crippen LogP contribution in [0.15, 0.2) is 28.0 Å². The maximum Gasteiger partial charge on any atom is 0.184 e. The maximum absolute atomic E-state index is 12.0. The molecule has 1 aliphatic heterocycles. The predicted molar refractivity (Wildman–Crippen MR) is 63.4 cm³/mol. The molecule has 5 heteroatoms. The van der Waals surface area contributed by atoms with E-state index in [1.807, 2.05) is 18.4 Å². The minimum atomic E-state index is -3.13. The molecule has 0 amide bonds. The quantitative estimate of drug-likeness (QED) is 0.766. The van der Waals surface area contributed by atoms with Crippen LogP contribution in [0.5, 0.6) is 0 Å². The normalized spacial score (nSPS) is 22.9. The predicted octanol–water partition coefficient (Wildman–Crippen LogP) is 2.00. The van der Waals surface area contributed by atoms with Gasteiger partial charge in [0, 0.05) is 11.4 Å². The Morgan fingerprint density at radius 3 is 2.87 bits per heavy atom. The van der Waals surface area contributed by atoms with Gasteiger partial charge in [-0.15, -0.1) is 11.8 Å². The van der Waals surface area contributed by atoms with Gasteiger partial charge in [-0.3, -0.25) is 0 Å². The van der Waals surface area contributed by atoms with Gasteiger partial charge in [0.2, 0.25) is 0 Å². The van der Waals surface area contributed by atoms with Crippen LogP contribution in [-0.2, 0) is 9.84 Å². The van der Waals surface area contributed by atoms with Gasteiger partial charge in [-0.1, -0.05) is 0 Å². The molecular weight excluding hydrogens is 230 g/mol. The molecule has 0 fully saturated rings. The molecule has 0 saturated heterocycles. The van der Waals surface area contributed by atoms with E-state index in [9.17, 15) is 8.42 Å². The highest BCUT2D eigenvalue weighted by Gasteiger charge is 2.30. The Hall–Kier alpha value is -0.680. The first-order chi connectivity index (χ1) is 7.05. The molecule has 1 aromatic rings. The molecule has 1 aliphatic rings. The zero-order valence-electron chi connectivity index (χ0n) is 8.65. The first kappa shape index (κ1) is 10.8. The lowest BCUT2D eigenvalue weighted by Crippen LogP contribution is -2.31. The summed E-state index contributed by atoms with van der Waals surface area (Å²) < 4.78 is 24.0. The van der Waals surface area contributed by atoms with Crippen LogP contribution in [0.25, 0.3) is 0 Å². The second kappa shape index (κ2) is 3.72. The summed E-state index contributed by atoms with van der Waals surface area (Å²) >= 11 is 1.55. The molecule has 1 unspecified atom stereocenters. The number of thioether (sulfide) groups is 1. The lowest BCUT2D eigenvalue weighted by Gasteiger charge is -2.23. The van der Waals surface area contributed by atoms with Crippen LogP contribution in [0.4, 0.5) is 5.69 Å². The Morgan fingerprint density at radius 1 is 1.47 bits per heavy atom. The lowest BCUT2D eigenvalue weighted by molar-refractivity contribution is 0.582. The van der Waals surface area contributed by atoms with Crippen LogP contribution in [0.1, 0.15) is 6.92 Å². The van der Waals surface area contributed by atoms with Gasteiger partial charge < -0.3 is 5.32 Å². The molecule has 0 aromatic heterocycles. The number of nitrogens with one attached hydrogen (secondary N) is 1. The van der Waals surface area contributed by atoms with Gasteiger partial charge in [0.05, 0.1) is 15.8 Å². The molecule has 0 spiro atoms. The molecule has 0 bridgehead atoms. The van der Waals surface area contributed by atoms with Crippen molar-refractivity contribution in [3.05, 3.63) is 18.2 Å². The van der Waals surface area contributed by atoms with Gasteiger partial charge in [0.15, 0.2) is 9.84 Å². The van der Waals surface area contributed by atoms with E-state index in [1.54, 1.807) is 24.8 Å². The maximum atomic E-state index is 12.0. The minimum absolute atomic E-state index is 0.345. The number of hydrogen-bond acceptors (Lipinski definition) is 4. The molecule has 1 atom stereocenters. The highest BCUT2D eigenvalue weighted by molar-refractivity contribution is 7.98. The van der Waals surface area contributed by atoms with Crippen molar-refractivity contribution in [1.29, 1.82) is 0 Å². The topological polar surface area (TPSA) is 46.2 Å². The van der Waals surface area contributed by atoms with Crippen molar-refractivity contribution in [2.75, 3.05) is 18.1 Å². The second-order valence-electron chi connectivity index (χ2n) is 3.60. The average molecular weight is 243 g/mol. The fraction of sp³-hybridized carbons (Fsp3) is 0.400. The molecule has 1 aromatic carbocycles. The number of rotatable bonds is 1. The van der Waals surface area contributed by atoms with E-state index < -0.39 is 9.84 Å². The summed E-state index contributed by atoms with van der Waals surface area (Å²) in [7, 11) is -3.13. The Morgan fingerprint density at radius 2 is 2.20 bits per heavy atom. The Labute approximate surface area is 94.2 Å². The molecule has 0 aliphatic carbocycles. The van der Waals surface area contributed by atoms with Gasteiger partial charge in [-0.25, -0.2) is 8.42 Å². The van der Waals surface area contributed by atoms with Crippen molar-refractivity contribution in [2.45, 2.75) is 22.0 Å². The number of fused-ring (bicyclic) bond motifs is 1. The summed E-state index contributed by atoms with van der Waals surface area (Å²) in [6.07, 6.45) is 1.94. The summed E-state index contributed by atoms with van der Waals surface area (Å²) in [5, 5.41) is 2.79. The van der Waals surface area contributed by atoms with E-state index in [0.717, 1.165) is 10.6 Å². The van der Waals surface area contributed by atoms with E-state index in [1.165, 1.54) is 0 Å². The third-order valence-corrected chi connectivity index (χ3v) is 5.51. The highest BCUT2D eigenvalue weighted by Crippen LogP contribution is 2.32. The second-order valence-corrected chi connectivity index (χ2v) is 6.81. The third kappa shape index (κ3) is 1.74. The molecule has 3 nitrogen and oxygen atoms in total. The number of anilines is 1. The Balaban J connectivity index is 2.62. The van der Waals surface area contributed by atoms with Crippen molar-refractivity contribution in [1.82, 2.24) is 0 Å². The van der Waals surface area contributed by atoms with E-state index in [4.69, 9.17) is 0 Å². The SMILES string of the molecule is CSc1ccc2c(c1)S(=O)(=O)C(C)CN2. The van der Waals surface area contributed by atoms with Crippen LogP contribution in [0.3, 0.4) is 0 Å². The van der Waals surface area contributed by atoms with Crippen molar-refractivity contribution in [3.63, 3.8) is 0 Å². The number of sulfone groups is 1. The molecule has 0 radical (unpaired) electrons. The van der Waals surface area contributed by atoms with Crippen molar-refractivity contribution >= 4 is 27.3 Å². The third-order valence-electron chi connectivity index (χ3n) is 2.60. The zero-order valence-corrected chi connectivity index (χ0v) is 10.3. The molecule has 82 valence electrons. The van der Waals surface area contributed by atoms with Crippen molar-refractivity contribution in [3.8, 4) is 0 Å². The molecule has 2 rings (SSSR count). The highest BCUT2D eigenvalue weighted by atomic mass is 32.2. The van der Waals surface area contributed by atoms with E-state index in [-0.39, 0.29) is 5.25 Å². The minimum Gasteiger partial charge on any atom is -0.383 e. The molecule has 1 N–H and O–H groups in total. The van der Waals surface area contributed by atoms with E-state index >= 15 is 0 Å². The van der Waals surface area contributed by atoms with Gasteiger partial charge in [-0.05, 0) is 31.4 Å². The van der Waals surface area contributed by atoms with Crippen LogP contribution in [-0.4, -0.2) is 26.5 Å². The summed E-state index contributed by atoms with van der Waals surface area (Å²) in [6, 6.07) is 5.52. The van der Waals surface area contributed by atoms with E-state index in [0.29, 0.717) is 11.4 Å². The molecule has 1 heterocycles. The first-order valence-corrected chi connectivity index (χ1v) is 7.48. The fourth-order valence-corrected chi connectivity index (χ4v) is 3.58. The first-order valence-electron chi connectivity index (χ1n) is 4.71. The average Bonchev–Trinajstić information content (AvgIpc) is 2.24. The van der Waals surface area contributed by atoms with Crippen LogP contribution in [0, 0.1) is 0 Å². The van der Waals surface area contributed by atoms with Gasteiger partial charge in [0.25, 0.3) is 0 Å². The monoisotopic (exact) mass is 243 g/mol. The van der Waals surface area contributed by atoms with Crippen LogP contribution in [0.2, 0.25) is 0 Å². The Kier molecular flexibility index (Phi) is 2.68. The summed E-state index contributed by atoms with van der Waals surface area (Å²) in [4.78, 5) is 1.42. The van der Waals surface area contributed by atoms with E-state index in [2.05, 4.69) is 5.32 Å². The van der Waals surface area contributed by atoms with Crippen molar-refractivity contribution < 1.29 is 8.42 Å². The largest absolute Gasteiger partial charge is 0.383 e. The van der Waals surface area contributed by atoms with Gasteiger partial charge in [-0.2, -0.15) is 0 Å². The van der Waals surface area contributed by atoms with Crippen molar-refractivity contribution in [2.24, 2.45) is 0 Å². The smallest absolute Gasteiger partial charge is 0.184 e.